The maximum Gasteiger partial charge on any atom is 0.191 e. The van der Waals surface area contributed by atoms with Gasteiger partial charge in [0.1, 0.15) is 12.4 Å². The molecule has 2 aliphatic rings. The zero-order valence-corrected chi connectivity index (χ0v) is 18.1. The van der Waals surface area contributed by atoms with Crippen LogP contribution in [-0.2, 0) is 19.5 Å². The fourth-order valence-electron chi connectivity index (χ4n) is 3.74. The summed E-state index contributed by atoms with van der Waals surface area (Å²) in [6.45, 7) is 6.59. The van der Waals surface area contributed by atoms with E-state index in [-0.39, 0.29) is 24.0 Å². The molecular weight excluding hydrogens is 453 g/mol. The van der Waals surface area contributed by atoms with Crippen LogP contribution in [0.4, 0.5) is 5.69 Å². The number of nitrogens with one attached hydrogen (secondary N) is 2. The molecule has 146 valence electrons. The van der Waals surface area contributed by atoms with Crippen molar-refractivity contribution in [3.05, 3.63) is 42.0 Å². The van der Waals surface area contributed by atoms with Gasteiger partial charge in [-0.15, -0.1) is 34.2 Å². The van der Waals surface area contributed by atoms with Gasteiger partial charge in [0.15, 0.2) is 11.8 Å². The number of nitrogens with zero attached hydrogens (tertiary/aromatic N) is 5. The Morgan fingerprint density at radius 3 is 2.89 bits per heavy atom. The molecule has 1 unspecified atom stereocenters. The topological polar surface area (TPSA) is 70.4 Å². The number of aryl methyl sites for hydroxylation is 1. The highest BCUT2D eigenvalue weighted by atomic mass is 127. The van der Waals surface area contributed by atoms with Gasteiger partial charge < -0.3 is 20.1 Å². The van der Waals surface area contributed by atoms with Gasteiger partial charge in [0.05, 0.1) is 0 Å². The molecule has 1 aromatic heterocycles. The first-order valence-electron chi connectivity index (χ1n) is 9.59. The predicted octanol–water partition coefficient (Wildman–Crippen LogP) is 2.18. The van der Waals surface area contributed by atoms with Gasteiger partial charge in [-0.25, -0.2) is 4.99 Å². The molecule has 0 saturated carbocycles. The van der Waals surface area contributed by atoms with Gasteiger partial charge >= 0.3 is 0 Å². The molecule has 0 aliphatic carbocycles. The number of aromatic nitrogens is 3. The molecule has 8 heteroatoms. The van der Waals surface area contributed by atoms with Crippen molar-refractivity contribution < 1.29 is 0 Å². The minimum absolute atomic E-state index is 0. The van der Waals surface area contributed by atoms with Crippen LogP contribution in [0.25, 0.3) is 0 Å². The summed E-state index contributed by atoms with van der Waals surface area (Å²) in [6.07, 6.45) is 3.31. The Kier molecular flexibility index (Phi) is 6.92. The molecule has 2 N–H and O–H groups in total. The Morgan fingerprint density at radius 2 is 2.07 bits per heavy atom. The van der Waals surface area contributed by atoms with Crippen molar-refractivity contribution in [1.82, 2.24) is 25.4 Å². The van der Waals surface area contributed by atoms with E-state index in [0.29, 0.717) is 12.6 Å². The van der Waals surface area contributed by atoms with Gasteiger partial charge in [-0.05, 0) is 31.9 Å². The summed E-state index contributed by atoms with van der Waals surface area (Å²) in [4.78, 5) is 7.17. The van der Waals surface area contributed by atoms with Crippen molar-refractivity contribution in [3.8, 4) is 0 Å². The van der Waals surface area contributed by atoms with Crippen LogP contribution < -0.4 is 15.5 Å². The van der Waals surface area contributed by atoms with Crippen LogP contribution in [0.5, 0.6) is 0 Å². The number of hydrogen-bond donors (Lipinski definition) is 2. The molecule has 2 aromatic rings. The van der Waals surface area contributed by atoms with Gasteiger partial charge in [0.2, 0.25) is 0 Å². The lowest BCUT2D eigenvalue weighted by molar-refractivity contribution is 0.643. The highest BCUT2D eigenvalue weighted by Crippen LogP contribution is 2.19. The minimum Gasteiger partial charge on any atom is -0.369 e. The number of fused-ring (bicyclic) bond motifs is 1. The number of hydrogen-bond acceptors (Lipinski definition) is 4. The number of para-hydroxylation sites is 1. The molecule has 0 bridgehead atoms. The summed E-state index contributed by atoms with van der Waals surface area (Å²) in [6, 6.07) is 11.0. The van der Waals surface area contributed by atoms with Crippen molar-refractivity contribution in [2.75, 3.05) is 24.5 Å². The molecule has 0 radical (unpaired) electrons. The van der Waals surface area contributed by atoms with Gasteiger partial charge in [-0.3, -0.25) is 0 Å². The molecule has 1 aromatic carbocycles. The molecule has 4 rings (SSSR count). The number of benzene rings is 1. The highest BCUT2D eigenvalue weighted by molar-refractivity contribution is 14.0. The molecular formula is C19H28IN7. The number of anilines is 1. The maximum absolute atomic E-state index is 4.75. The van der Waals surface area contributed by atoms with Crippen molar-refractivity contribution in [2.45, 2.75) is 45.3 Å². The maximum atomic E-state index is 4.75. The molecule has 0 spiro atoms. The van der Waals surface area contributed by atoms with E-state index in [1.807, 2.05) is 0 Å². The fourth-order valence-corrected chi connectivity index (χ4v) is 3.74. The first-order chi connectivity index (χ1) is 12.8. The van der Waals surface area contributed by atoms with E-state index in [9.17, 15) is 0 Å². The molecule has 7 nitrogen and oxygen atoms in total. The second-order valence-corrected chi connectivity index (χ2v) is 6.89. The zero-order chi connectivity index (χ0) is 17.8. The SMILES string of the molecule is CCNC(=NCc1nnc2n1CCC2)NC1CCN(c2ccccc2)C1.I. The van der Waals surface area contributed by atoms with Gasteiger partial charge in [-0.2, -0.15) is 0 Å². The lowest BCUT2D eigenvalue weighted by atomic mass is 10.3. The largest absolute Gasteiger partial charge is 0.369 e. The molecule has 1 atom stereocenters. The quantitative estimate of drug-likeness (QED) is 0.389. The van der Waals surface area contributed by atoms with E-state index in [0.717, 1.165) is 63.0 Å². The third kappa shape index (κ3) is 4.72. The second kappa shape index (κ2) is 9.38. The molecule has 1 saturated heterocycles. The first-order valence-corrected chi connectivity index (χ1v) is 9.59. The third-order valence-corrected chi connectivity index (χ3v) is 5.06. The van der Waals surface area contributed by atoms with Crippen LogP contribution in [-0.4, -0.2) is 46.4 Å². The fraction of sp³-hybridized carbons (Fsp3) is 0.526. The average molecular weight is 481 g/mol. The first kappa shape index (κ1) is 19.9. The van der Waals surface area contributed by atoms with E-state index in [1.165, 1.54) is 5.69 Å². The van der Waals surface area contributed by atoms with E-state index in [1.54, 1.807) is 0 Å². The smallest absolute Gasteiger partial charge is 0.191 e. The standard InChI is InChI=1S/C19H27N7.HI/c1-2-20-19(21-13-18-24-23-17-9-6-11-26(17)18)22-15-10-12-25(14-15)16-7-4-3-5-8-16;/h3-5,7-8,15H,2,6,9-14H2,1H3,(H2,20,21,22);1H. The van der Waals surface area contributed by atoms with Crippen LogP contribution in [0, 0.1) is 0 Å². The summed E-state index contributed by atoms with van der Waals surface area (Å²) in [5.41, 5.74) is 1.29. The molecule has 27 heavy (non-hydrogen) atoms. The summed E-state index contributed by atoms with van der Waals surface area (Å²) in [7, 11) is 0. The molecule has 1 fully saturated rings. The Bertz CT molecular complexity index is 759. The van der Waals surface area contributed by atoms with E-state index in [2.05, 4.69) is 67.6 Å². The minimum atomic E-state index is 0. The highest BCUT2D eigenvalue weighted by Gasteiger charge is 2.23. The number of guanidine groups is 1. The van der Waals surface area contributed by atoms with E-state index in [4.69, 9.17) is 4.99 Å². The Hall–Kier alpha value is -1.84. The van der Waals surface area contributed by atoms with Crippen LogP contribution in [0.3, 0.4) is 0 Å². The van der Waals surface area contributed by atoms with Crippen molar-refractivity contribution in [3.63, 3.8) is 0 Å². The van der Waals surface area contributed by atoms with Crippen LogP contribution in [0.1, 0.15) is 31.4 Å². The van der Waals surface area contributed by atoms with Crippen LogP contribution >= 0.6 is 24.0 Å². The zero-order valence-electron chi connectivity index (χ0n) is 15.8. The van der Waals surface area contributed by atoms with Gasteiger partial charge in [0.25, 0.3) is 0 Å². The molecule has 2 aliphatic heterocycles. The van der Waals surface area contributed by atoms with Crippen molar-refractivity contribution >= 4 is 35.6 Å². The molecule has 3 heterocycles. The van der Waals surface area contributed by atoms with E-state index >= 15 is 0 Å². The number of halogens is 1. The van der Waals surface area contributed by atoms with Gasteiger partial charge in [-0.1, -0.05) is 18.2 Å². The van der Waals surface area contributed by atoms with Gasteiger partial charge in [0, 0.05) is 44.3 Å². The predicted molar refractivity (Wildman–Crippen MR) is 119 cm³/mol. The van der Waals surface area contributed by atoms with Crippen molar-refractivity contribution in [1.29, 1.82) is 0 Å². The summed E-state index contributed by atoms with van der Waals surface area (Å²) >= 11 is 0. The summed E-state index contributed by atoms with van der Waals surface area (Å²) in [5, 5.41) is 15.5. The Balaban J connectivity index is 0.00000210. The normalized spacial score (nSPS) is 18.9. The van der Waals surface area contributed by atoms with Crippen LogP contribution in [0.2, 0.25) is 0 Å². The van der Waals surface area contributed by atoms with Crippen molar-refractivity contribution in [2.24, 2.45) is 4.99 Å². The number of rotatable bonds is 5. The average Bonchev–Trinajstić information content (AvgIpc) is 3.38. The summed E-state index contributed by atoms with van der Waals surface area (Å²) in [5.74, 6) is 2.93. The Morgan fingerprint density at radius 1 is 1.22 bits per heavy atom. The second-order valence-electron chi connectivity index (χ2n) is 6.89. The number of aliphatic imine (C=N–C) groups is 1. The monoisotopic (exact) mass is 481 g/mol. The third-order valence-electron chi connectivity index (χ3n) is 5.06. The molecule has 0 amide bonds. The van der Waals surface area contributed by atoms with E-state index < -0.39 is 0 Å². The lowest BCUT2D eigenvalue weighted by Crippen LogP contribution is -2.44. The Labute approximate surface area is 177 Å². The van der Waals surface area contributed by atoms with Crippen LogP contribution in [0.15, 0.2) is 35.3 Å². The lowest BCUT2D eigenvalue weighted by Gasteiger charge is -2.20. The summed E-state index contributed by atoms with van der Waals surface area (Å²) < 4.78 is 2.21.